The number of pyridine rings is 1. The Bertz CT molecular complexity index is 619. The van der Waals surface area contributed by atoms with Gasteiger partial charge in [0.2, 0.25) is 5.91 Å². The first-order valence-electron chi connectivity index (χ1n) is 5.50. The molecule has 6 heteroatoms. The summed E-state index contributed by atoms with van der Waals surface area (Å²) >= 11 is 9.38. The highest BCUT2D eigenvalue weighted by Gasteiger charge is 2.04. The van der Waals surface area contributed by atoms with Gasteiger partial charge in [-0.3, -0.25) is 4.79 Å². The number of carbonyl (C=O) groups is 1. The van der Waals surface area contributed by atoms with E-state index < -0.39 is 0 Å². The lowest BCUT2D eigenvalue weighted by atomic mass is 10.2. The van der Waals surface area contributed by atoms with Crippen molar-refractivity contribution in [2.24, 2.45) is 0 Å². The monoisotopic (exact) mass is 339 g/mol. The molecule has 1 heterocycles. The van der Waals surface area contributed by atoms with Gasteiger partial charge in [0.15, 0.2) is 0 Å². The molecule has 1 aromatic heterocycles. The van der Waals surface area contributed by atoms with Crippen molar-refractivity contribution in [3.8, 4) is 0 Å². The summed E-state index contributed by atoms with van der Waals surface area (Å²) in [7, 11) is 0. The molecule has 19 heavy (non-hydrogen) atoms. The second-order valence-corrected chi connectivity index (χ2v) is 5.19. The molecule has 0 radical (unpaired) electrons. The van der Waals surface area contributed by atoms with Gasteiger partial charge in [-0.15, -0.1) is 0 Å². The third-order valence-corrected chi connectivity index (χ3v) is 2.98. The lowest BCUT2D eigenvalue weighted by Gasteiger charge is -2.09. The molecule has 0 saturated heterocycles. The van der Waals surface area contributed by atoms with E-state index in [9.17, 15) is 4.79 Å². The number of nitrogens with one attached hydrogen (secondary N) is 2. The molecular weight excluding hydrogens is 330 g/mol. The number of carbonyl (C=O) groups excluding carboxylic acids is 1. The molecule has 0 aliphatic rings. The minimum absolute atomic E-state index is 0.114. The van der Waals surface area contributed by atoms with Gasteiger partial charge in [-0.1, -0.05) is 17.7 Å². The van der Waals surface area contributed by atoms with Crippen LogP contribution in [0.15, 0.2) is 41.0 Å². The van der Waals surface area contributed by atoms with Crippen molar-refractivity contribution < 1.29 is 4.79 Å². The molecule has 0 saturated carbocycles. The number of hydrogen-bond acceptors (Lipinski definition) is 3. The maximum absolute atomic E-state index is 11.0. The molecule has 0 atom stereocenters. The highest BCUT2D eigenvalue weighted by atomic mass is 79.9. The zero-order valence-electron chi connectivity index (χ0n) is 10.1. The van der Waals surface area contributed by atoms with E-state index in [-0.39, 0.29) is 5.91 Å². The van der Waals surface area contributed by atoms with Crippen LogP contribution in [0.4, 0.5) is 17.2 Å². The van der Waals surface area contributed by atoms with Crippen LogP contribution in [0.1, 0.15) is 6.92 Å². The van der Waals surface area contributed by atoms with Crippen LogP contribution in [0.2, 0.25) is 5.02 Å². The van der Waals surface area contributed by atoms with Crippen molar-refractivity contribution in [1.29, 1.82) is 0 Å². The fourth-order valence-corrected chi connectivity index (χ4v) is 2.20. The normalized spacial score (nSPS) is 10.1. The third-order valence-electron chi connectivity index (χ3n) is 2.25. The van der Waals surface area contributed by atoms with Crippen LogP contribution in [0, 0.1) is 0 Å². The minimum Gasteiger partial charge on any atom is -0.339 e. The number of anilines is 3. The summed E-state index contributed by atoms with van der Waals surface area (Å²) < 4.78 is 0.815. The molecule has 0 bridgehead atoms. The fourth-order valence-electron chi connectivity index (χ4n) is 1.52. The Morgan fingerprint density at radius 3 is 2.74 bits per heavy atom. The van der Waals surface area contributed by atoms with Gasteiger partial charge >= 0.3 is 0 Å². The Kier molecular flexibility index (Phi) is 4.39. The molecular formula is C13H11BrClN3O. The second kappa shape index (κ2) is 6.04. The Morgan fingerprint density at radius 2 is 2.05 bits per heavy atom. The van der Waals surface area contributed by atoms with Gasteiger partial charge in [0.05, 0.1) is 5.02 Å². The van der Waals surface area contributed by atoms with Crippen molar-refractivity contribution >= 4 is 50.6 Å². The summed E-state index contributed by atoms with van der Waals surface area (Å²) in [5, 5.41) is 6.33. The minimum atomic E-state index is -0.114. The highest BCUT2D eigenvalue weighted by molar-refractivity contribution is 9.10. The predicted molar refractivity (Wildman–Crippen MR) is 81.0 cm³/mol. The lowest BCUT2D eigenvalue weighted by Crippen LogP contribution is -2.05. The SMILES string of the molecule is CC(=O)Nc1cccc(Nc2ncc(Br)cc2Cl)c1. The van der Waals surface area contributed by atoms with Crippen molar-refractivity contribution in [2.45, 2.75) is 6.92 Å². The van der Waals surface area contributed by atoms with Crippen molar-refractivity contribution in [3.05, 3.63) is 46.0 Å². The highest BCUT2D eigenvalue weighted by Crippen LogP contribution is 2.26. The van der Waals surface area contributed by atoms with E-state index in [1.165, 1.54) is 6.92 Å². The summed E-state index contributed by atoms with van der Waals surface area (Å²) in [6.45, 7) is 1.47. The molecule has 0 aliphatic heterocycles. The van der Waals surface area contributed by atoms with Crippen LogP contribution in [-0.4, -0.2) is 10.9 Å². The van der Waals surface area contributed by atoms with Crippen molar-refractivity contribution in [2.75, 3.05) is 10.6 Å². The van der Waals surface area contributed by atoms with E-state index in [1.54, 1.807) is 18.3 Å². The molecule has 2 rings (SSSR count). The second-order valence-electron chi connectivity index (χ2n) is 3.87. The van der Waals surface area contributed by atoms with Crippen molar-refractivity contribution in [1.82, 2.24) is 4.98 Å². The van der Waals surface area contributed by atoms with Gasteiger partial charge in [-0.05, 0) is 40.2 Å². The first-order valence-corrected chi connectivity index (χ1v) is 6.67. The summed E-state index contributed by atoms with van der Waals surface area (Å²) in [6.07, 6.45) is 1.66. The first-order chi connectivity index (χ1) is 9.04. The molecule has 1 amide bonds. The first kappa shape index (κ1) is 13.8. The third kappa shape index (κ3) is 3.94. The molecule has 2 N–H and O–H groups in total. The van der Waals surface area contributed by atoms with E-state index in [2.05, 4.69) is 31.5 Å². The Hall–Kier alpha value is -1.59. The number of hydrogen-bond donors (Lipinski definition) is 2. The largest absolute Gasteiger partial charge is 0.339 e. The molecule has 0 spiro atoms. The van der Waals surface area contributed by atoms with E-state index in [0.29, 0.717) is 16.5 Å². The zero-order valence-corrected chi connectivity index (χ0v) is 12.4. The van der Waals surface area contributed by atoms with Gasteiger partial charge in [-0.2, -0.15) is 0 Å². The Balaban J connectivity index is 2.21. The zero-order chi connectivity index (χ0) is 13.8. The summed E-state index contributed by atoms with van der Waals surface area (Å²) in [5.41, 5.74) is 1.51. The van der Waals surface area contributed by atoms with Gasteiger partial charge in [0.1, 0.15) is 5.82 Å². The molecule has 2 aromatic rings. The van der Waals surface area contributed by atoms with Crippen LogP contribution in [-0.2, 0) is 4.79 Å². The van der Waals surface area contributed by atoms with Gasteiger partial charge in [0, 0.05) is 29.0 Å². The maximum Gasteiger partial charge on any atom is 0.221 e. The number of rotatable bonds is 3. The molecule has 4 nitrogen and oxygen atoms in total. The molecule has 0 aliphatic carbocycles. The molecule has 98 valence electrons. The van der Waals surface area contributed by atoms with Crippen molar-refractivity contribution in [3.63, 3.8) is 0 Å². The summed E-state index contributed by atoms with van der Waals surface area (Å²) in [6, 6.07) is 9.07. The molecule has 0 fully saturated rings. The Labute approximate surface area is 124 Å². The topological polar surface area (TPSA) is 54.0 Å². The predicted octanol–water partition coefficient (Wildman–Crippen LogP) is 4.20. The van der Waals surface area contributed by atoms with E-state index >= 15 is 0 Å². The standard InChI is InChI=1S/C13H11BrClN3O/c1-8(19)17-10-3-2-4-11(6-10)18-13-12(15)5-9(14)7-16-13/h2-7H,1H3,(H,16,18)(H,17,19). The van der Waals surface area contributed by atoms with Gasteiger partial charge in [-0.25, -0.2) is 4.98 Å². The average molecular weight is 341 g/mol. The average Bonchev–Trinajstić information content (AvgIpc) is 2.32. The summed E-state index contributed by atoms with van der Waals surface area (Å²) in [4.78, 5) is 15.2. The number of amides is 1. The number of halogens is 2. The number of nitrogens with zero attached hydrogens (tertiary/aromatic N) is 1. The van der Waals surface area contributed by atoms with E-state index in [1.807, 2.05) is 18.2 Å². The van der Waals surface area contributed by atoms with Crippen LogP contribution >= 0.6 is 27.5 Å². The smallest absolute Gasteiger partial charge is 0.221 e. The number of benzene rings is 1. The van der Waals surface area contributed by atoms with Crippen LogP contribution in [0.25, 0.3) is 0 Å². The number of aromatic nitrogens is 1. The molecule has 1 aromatic carbocycles. The van der Waals surface area contributed by atoms with Gasteiger partial charge < -0.3 is 10.6 Å². The maximum atomic E-state index is 11.0. The lowest BCUT2D eigenvalue weighted by molar-refractivity contribution is -0.114. The van der Waals surface area contributed by atoms with Crippen LogP contribution in [0.3, 0.4) is 0 Å². The quantitative estimate of drug-likeness (QED) is 0.880. The van der Waals surface area contributed by atoms with E-state index in [4.69, 9.17) is 11.6 Å². The fraction of sp³-hybridized carbons (Fsp3) is 0.0769. The van der Waals surface area contributed by atoms with E-state index in [0.717, 1.165) is 10.2 Å². The Morgan fingerprint density at radius 1 is 1.32 bits per heavy atom. The van der Waals surface area contributed by atoms with Gasteiger partial charge in [0.25, 0.3) is 0 Å². The molecule has 0 unspecified atom stereocenters. The van der Waals surface area contributed by atoms with Crippen LogP contribution < -0.4 is 10.6 Å². The van der Waals surface area contributed by atoms with Crippen LogP contribution in [0.5, 0.6) is 0 Å². The summed E-state index contributed by atoms with van der Waals surface area (Å²) in [5.74, 6) is 0.446.